The third-order valence-electron chi connectivity index (χ3n) is 2.79. The molecule has 0 aliphatic rings. The maximum Gasteiger partial charge on any atom is 0.234 e. The molecule has 6 nitrogen and oxygen atoms in total. The van der Waals surface area contributed by atoms with Gasteiger partial charge >= 0.3 is 0 Å². The highest BCUT2D eigenvalue weighted by Crippen LogP contribution is 2.22. The molecular formula is C11H21N3O3S. The third-order valence-corrected chi connectivity index (χ3v) is 4.28. The fourth-order valence-electron chi connectivity index (χ4n) is 1.46. The van der Waals surface area contributed by atoms with Crippen LogP contribution in [0, 0.1) is 0 Å². The summed E-state index contributed by atoms with van der Waals surface area (Å²) in [6.45, 7) is 6.49. The van der Waals surface area contributed by atoms with Crippen LogP contribution in [-0.4, -0.2) is 31.4 Å². The van der Waals surface area contributed by atoms with E-state index >= 15 is 0 Å². The third kappa shape index (κ3) is 3.78. The maximum atomic E-state index is 11.4. The van der Waals surface area contributed by atoms with E-state index in [2.05, 4.69) is 22.4 Å². The van der Waals surface area contributed by atoms with E-state index < -0.39 is 15.1 Å². The van der Waals surface area contributed by atoms with Crippen molar-refractivity contribution in [3.05, 3.63) is 11.8 Å². The molecule has 1 heterocycles. The molecule has 0 amide bonds. The summed E-state index contributed by atoms with van der Waals surface area (Å²) in [6.07, 6.45) is 2.99. The van der Waals surface area contributed by atoms with Crippen LogP contribution in [0.25, 0.3) is 0 Å². The summed E-state index contributed by atoms with van der Waals surface area (Å²) in [5, 5.41) is 10.3. The Balaban J connectivity index is 2.84. The highest BCUT2D eigenvalue weighted by atomic mass is 32.2. The van der Waals surface area contributed by atoms with E-state index in [0.29, 0.717) is 5.89 Å². The van der Waals surface area contributed by atoms with E-state index in [1.807, 2.05) is 6.92 Å². The number of sulfone groups is 1. The van der Waals surface area contributed by atoms with Crippen LogP contribution < -0.4 is 5.32 Å². The summed E-state index contributed by atoms with van der Waals surface area (Å²) >= 11 is 0. The van der Waals surface area contributed by atoms with Crippen LogP contribution in [0.4, 0.5) is 0 Å². The normalized spacial score (nSPS) is 15.6. The molecule has 104 valence electrons. The number of nitrogens with one attached hydrogen (secondary N) is 1. The average molecular weight is 275 g/mol. The predicted molar refractivity (Wildman–Crippen MR) is 68.9 cm³/mol. The lowest BCUT2D eigenvalue weighted by atomic mass is 10.2. The Labute approximate surface area is 108 Å². The van der Waals surface area contributed by atoms with Crippen molar-refractivity contribution in [3.8, 4) is 0 Å². The molecule has 0 fully saturated rings. The minimum Gasteiger partial charge on any atom is -0.422 e. The van der Waals surface area contributed by atoms with Crippen molar-refractivity contribution in [2.24, 2.45) is 0 Å². The van der Waals surface area contributed by atoms with Gasteiger partial charge in [-0.15, -0.1) is 10.2 Å². The van der Waals surface area contributed by atoms with Crippen LogP contribution in [0.5, 0.6) is 0 Å². The summed E-state index contributed by atoms with van der Waals surface area (Å²) in [7, 11) is -3.21. The lowest BCUT2D eigenvalue weighted by Gasteiger charge is -2.11. The van der Waals surface area contributed by atoms with E-state index in [-0.39, 0.29) is 11.9 Å². The molecule has 0 bridgehead atoms. The van der Waals surface area contributed by atoms with Crippen molar-refractivity contribution < 1.29 is 12.8 Å². The predicted octanol–water partition coefficient (Wildman–Crippen LogP) is 1.63. The molecule has 1 N–H and O–H groups in total. The van der Waals surface area contributed by atoms with Crippen LogP contribution in [0.1, 0.15) is 56.7 Å². The fraction of sp³-hybridized carbons (Fsp3) is 0.818. The minimum absolute atomic E-state index is 0.0158. The molecule has 2 unspecified atom stereocenters. The Bertz CT molecular complexity index is 470. The minimum atomic E-state index is -3.21. The van der Waals surface area contributed by atoms with E-state index in [9.17, 15) is 8.42 Å². The van der Waals surface area contributed by atoms with Crippen LogP contribution in [0.15, 0.2) is 4.42 Å². The van der Waals surface area contributed by atoms with E-state index in [4.69, 9.17) is 4.42 Å². The standard InChI is InChI=1S/C11H21N3O3S/c1-5-7-12-9(6-2)11-14-13-10(17-11)8(3)18(4,15)16/h8-9,12H,5-7H2,1-4H3. The molecule has 7 heteroatoms. The zero-order chi connectivity index (χ0) is 13.8. The Hall–Kier alpha value is -0.950. The average Bonchev–Trinajstić information content (AvgIpc) is 2.77. The first kappa shape index (κ1) is 15.1. The highest BCUT2D eigenvalue weighted by molar-refractivity contribution is 7.90. The van der Waals surface area contributed by atoms with E-state index in [0.717, 1.165) is 25.6 Å². The molecule has 2 atom stereocenters. The van der Waals surface area contributed by atoms with Gasteiger partial charge in [-0.1, -0.05) is 13.8 Å². The van der Waals surface area contributed by atoms with Gasteiger partial charge < -0.3 is 9.73 Å². The molecule has 1 rings (SSSR count). The van der Waals surface area contributed by atoms with Crippen molar-refractivity contribution in [3.63, 3.8) is 0 Å². The number of hydrogen-bond donors (Lipinski definition) is 1. The molecule has 1 aromatic heterocycles. The van der Waals surface area contributed by atoms with Gasteiger partial charge in [0.25, 0.3) is 0 Å². The zero-order valence-electron chi connectivity index (χ0n) is 11.3. The summed E-state index contributed by atoms with van der Waals surface area (Å²) < 4.78 is 28.3. The van der Waals surface area contributed by atoms with Gasteiger partial charge in [-0.2, -0.15) is 0 Å². The van der Waals surface area contributed by atoms with Crippen LogP contribution in [0.2, 0.25) is 0 Å². The fourth-order valence-corrected chi connectivity index (χ4v) is 1.92. The topological polar surface area (TPSA) is 85.1 Å². The SMILES string of the molecule is CCCNC(CC)c1nnc(C(C)S(C)(=O)=O)o1. The zero-order valence-corrected chi connectivity index (χ0v) is 12.1. The quantitative estimate of drug-likeness (QED) is 0.814. The van der Waals surface area contributed by atoms with Crippen LogP contribution in [0.3, 0.4) is 0 Å². The first-order valence-electron chi connectivity index (χ1n) is 6.15. The van der Waals surface area contributed by atoms with Gasteiger partial charge in [-0.3, -0.25) is 0 Å². The van der Waals surface area contributed by atoms with Crippen LogP contribution >= 0.6 is 0 Å². The van der Waals surface area contributed by atoms with Crippen LogP contribution in [-0.2, 0) is 9.84 Å². The summed E-state index contributed by atoms with van der Waals surface area (Å²) in [5.74, 6) is 0.612. The Morgan fingerprint density at radius 3 is 2.39 bits per heavy atom. The summed E-state index contributed by atoms with van der Waals surface area (Å²) in [4.78, 5) is 0. The second-order valence-electron chi connectivity index (χ2n) is 4.37. The van der Waals surface area contributed by atoms with Gasteiger partial charge in [0.1, 0.15) is 5.25 Å². The Kier molecular flexibility index (Phi) is 5.28. The summed E-state index contributed by atoms with van der Waals surface area (Å²) in [6, 6.07) is -0.0158. The second kappa shape index (κ2) is 6.29. The molecule has 0 saturated carbocycles. The molecule has 0 spiro atoms. The smallest absolute Gasteiger partial charge is 0.234 e. The van der Waals surface area contributed by atoms with Crippen molar-refractivity contribution in [1.29, 1.82) is 0 Å². The Morgan fingerprint density at radius 2 is 1.89 bits per heavy atom. The van der Waals surface area contributed by atoms with E-state index in [1.165, 1.54) is 0 Å². The monoisotopic (exact) mass is 275 g/mol. The second-order valence-corrected chi connectivity index (χ2v) is 6.73. The molecule has 0 radical (unpaired) electrons. The molecule has 0 saturated heterocycles. The molecule has 1 aromatic rings. The molecular weight excluding hydrogens is 254 g/mol. The summed E-state index contributed by atoms with van der Waals surface area (Å²) in [5.41, 5.74) is 0. The first-order valence-corrected chi connectivity index (χ1v) is 8.11. The number of aromatic nitrogens is 2. The van der Waals surface area contributed by atoms with Crippen molar-refractivity contribution in [1.82, 2.24) is 15.5 Å². The molecule has 0 aliphatic heterocycles. The number of hydrogen-bond acceptors (Lipinski definition) is 6. The lowest BCUT2D eigenvalue weighted by Crippen LogP contribution is -2.21. The van der Waals surface area contributed by atoms with Gasteiger partial charge in [-0.25, -0.2) is 8.42 Å². The highest BCUT2D eigenvalue weighted by Gasteiger charge is 2.25. The van der Waals surface area contributed by atoms with Gasteiger partial charge in [0.2, 0.25) is 11.8 Å². The van der Waals surface area contributed by atoms with E-state index in [1.54, 1.807) is 6.92 Å². The number of nitrogens with zero attached hydrogens (tertiary/aromatic N) is 2. The molecule has 18 heavy (non-hydrogen) atoms. The van der Waals surface area contributed by atoms with Gasteiger partial charge in [0, 0.05) is 6.26 Å². The van der Waals surface area contributed by atoms with Gasteiger partial charge in [0.15, 0.2) is 9.84 Å². The van der Waals surface area contributed by atoms with Crippen molar-refractivity contribution in [2.75, 3.05) is 12.8 Å². The lowest BCUT2D eigenvalue weighted by molar-refractivity contribution is 0.371. The first-order chi connectivity index (χ1) is 8.40. The van der Waals surface area contributed by atoms with Gasteiger partial charge in [0.05, 0.1) is 6.04 Å². The maximum absolute atomic E-state index is 11.4. The number of rotatable bonds is 7. The molecule has 0 aromatic carbocycles. The van der Waals surface area contributed by atoms with Crippen molar-refractivity contribution >= 4 is 9.84 Å². The van der Waals surface area contributed by atoms with Gasteiger partial charge in [-0.05, 0) is 26.3 Å². The Morgan fingerprint density at radius 1 is 1.28 bits per heavy atom. The molecule has 0 aliphatic carbocycles. The van der Waals surface area contributed by atoms with Crippen molar-refractivity contribution in [2.45, 2.75) is 44.9 Å². The largest absolute Gasteiger partial charge is 0.422 e.